The van der Waals surface area contributed by atoms with Crippen molar-refractivity contribution in [3.05, 3.63) is 89.0 Å². The summed E-state index contributed by atoms with van der Waals surface area (Å²) in [5, 5.41) is 13.5. The lowest BCUT2D eigenvalue weighted by Crippen LogP contribution is -2.34. The standard InChI is InChI=1S/C24H18F2N2O5/c25-19-9-17(23(30)31)21(10-20(19)26)28-22(29)11-27-24(32)33-12-18-15-7-3-1-5-13(15)14-6-2-4-8-16(14)18/h1-10,18H,11-12H2,(H,27,32)(H,28,29)(H,30,31). The fraction of sp³-hybridized carbons (Fsp3) is 0.125. The van der Waals surface area contributed by atoms with Gasteiger partial charge in [-0.3, -0.25) is 4.79 Å². The number of nitrogens with one attached hydrogen (secondary N) is 2. The number of aromatic carboxylic acids is 1. The molecule has 0 spiro atoms. The number of ether oxygens (including phenoxy) is 1. The minimum atomic E-state index is -1.55. The third-order valence-electron chi connectivity index (χ3n) is 5.30. The lowest BCUT2D eigenvalue weighted by atomic mass is 9.98. The topological polar surface area (TPSA) is 105 Å². The number of amides is 2. The Bertz CT molecular complexity index is 1220. The highest BCUT2D eigenvalue weighted by Crippen LogP contribution is 2.44. The number of carbonyl (C=O) groups excluding carboxylic acids is 2. The summed E-state index contributed by atoms with van der Waals surface area (Å²) in [7, 11) is 0. The molecule has 0 aliphatic heterocycles. The van der Waals surface area contributed by atoms with Crippen LogP contribution in [-0.4, -0.2) is 36.2 Å². The average molecular weight is 452 g/mol. The molecule has 0 saturated carbocycles. The largest absolute Gasteiger partial charge is 0.478 e. The van der Waals surface area contributed by atoms with E-state index in [1.54, 1.807) is 0 Å². The molecule has 0 atom stereocenters. The van der Waals surface area contributed by atoms with E-state index >= 15 is 0 Å². The van der Waals surface area contributed by atoms with E-state index in [1.807, 2.05) is 48.5 Å². The number of hydrogen-bond acceptors (Lipinski definition) is 4. The second-order valence-electron chi connectivity index (χ2n) is 7.34. The fourth-order valence-electron chi connectivity index (χ4n) is 3.82. The number of anilines is 1. The summed E-state index contributed by atoms with van der Waals surface area (Å²) in [6, 6.07) is 16.7. The van der Waals surface area contributed by atoms with Crippen molar-refractivity contribution in [3.63, 3.8) is 0 Å². The van der Waals surface area contributed by atoms with Crippen LogP contribution in [0.15, 0.2) is 60.7 Å². The molecule has 0 bridgehead atoms. The maximum absolute atomic E-state index is 13.4. The first-order valence-electron chi connectivity index (χ1n) is 9.96. The number of carboxylic acid groups (broad SMARTS) is 1. The average Bonchev–Trinajstić information content (AvgIpc) is 3.12. The molecule has 9 heteroatoms. The summed E-state index contributed by atoms with van der Waals surface area (Å²) >= 11 is 0. The molecule has 2 amide bonds. The second kappa shape index (κ2) is 9.07. The summed E-state index contributed by atoms with van der Waals surface area (Å²) in [6.07, 6.45) is -0.851. The number of hydrogen-bond donors (Lipinski definition) is 3. The van der Waals surface area contributed by atoms with Crippen molar-refractivity contribution in [2.24, 2.45) is 0 Å². The summed E-state index contributed by atoms with van der Waals surface area (Å²) in [5.74, 6) is -5.22. The first-order chi connectivity index (χ1) is 15.8. The first kappa shape index (κ1) is 21.9. The predicted octanol–water partition coefficient (Wildman–Crippen LogP) is 4.14. The smallest absolute Gasteiger partial charge is 0.407 e. The van der Waals surface area contributed by atoms with E-state index in [4.69, 9.17) is 9.84 Å². The molecule has 3 aromatic carbocycles. The van der Waals surface area contributed by atoms with E-state index in [9.17, 15) is 23.2 Å². The van der Waals surface area contributed by atoms with Crippen LogP contribution in [0.2, 0.25) is 0 Å². The molecular formula is C24H18F2N2O5. The molecule has 168 valence electrons. The van der Waals surface area contributed by atoms with Crippen molar-refractivity contribution in [1.29, 1.82) is 0 Å². The van der Waals surface area contributed by atoms with Crippen LogP contribution in [0.3, 0.4) is 0 Å². The molecule has 1 aliphatic carbocycles. The van der Waals surface area contributed by atoms with Gasteiger partial charge in [-0.2, -0.15) is 0 Å². The van der Waals surface area contributed by atoms with Gasteiger partial charge in [0.15, 0.2) is 11.6 Å². The summed E-state index contributed by atoms with van der Waals surface area (Å²) < 4.78 is 32.0. The SMILES string of the molecule is O=C(CNC(=O)OCC1c2ccccc2-c2ccccc21)Nc1cc(F)c(F)cc1C(=O)O. The Morgan fingerprint density at radius 3 is 2.09 bits per heavy atom. The van der Waals surface area contributed by atoms with Crippen molar-refractivity contribution in [1.82, 2.24) is 5.32 Å². The first-order valence-corrected chi connectivity index (χ1v) is 9.96. The van der Waals surface area contributed by atoms with Gasteiger partial charge >= 0.3 is 12.1 Å². The molecule has 4 rings (SSSR count). The second-order valence-corrected chi connectivity index (χ2v) is 7.34. The van der Waals surface area contributed by atoms with Crippen LogP contribution in [0.5, 0.6) is 0 Å². The van der Waals surface area contributed by atoms with Crippen LogP contribution in [0, 0.1) is 11.6 Å². The Hall–Kier alpha value is -4.27. The molecule has 3 aromatic rings. The van der Waals surface area contributed by atoms with Crippen molar-refractivity contribution < 1.29 is 33.0 Å². The highest BCUT2D eigenvalue weighted by molar-refractivity contribution is 6.01. The Balaban J connectivity index is 1.35. The van der Waals surface area contributed by atoms with Gasteiger partial charge in [0.25, 0.3) is 0 Å². The van der Waals surface area contributed by atoms with E-state index in [0.29, 0.717) is 12.1 Å². The van der Waals surface area contributed by atoms with Crippen LogP contribution in [0.1, 0.15) is 27.4 Å². The van der Waals surface area contributed by atoms with Crippen LogP contribution >= 0.6 is 0 Å². The van der Waals surface area contributed by atoms with E-state index in [2.05, 4.69) is 10.6 Å². The zero-order valence-corrected chi connectivity index (χ0v) is 17.1. The van der Waals surface area contributed by atoms with Crippen molar-refractivity contribution >= 4 is 23.7 Å². The minimum Gasteiger partial charge on any atom is -0.478 e. The quantitative estimate of drug-likeness (QED) is 0.522. The summed E-state index contributed by atoms with van der Waals surface area (Å²) in [4.78, 5) is 35.4. The van der Waals surface area contributed by atoms with Gasteiger partial charge in [0.1, 0.15) is 13.2 Å². The molecule has 33 heavy (non-hydrogen) atoms. The van der Waals surface area contributed by atoms with E-state index in [-0.39, 0.29) is 12.5 Å². The lowest BCUT2D eigenvalue weighted by Gasteiger charge is -2.15. The highest BCUT2D eigenvalue weighted by atomic mass is 19.2. The van der Waals surface area contributed by atoms with Crippen molar-refractivity contribution in [2.45, 2.75) is 5.92 Å². The predicted molar refractivity (Wildman–Crippen MR) is 115 cm³/mol. The molecule has 0 radical (unpaired) electrons. The van der Waals surface area contributed by atoms with E-state index < -0.39 is 47.4 Å². The molecule has 7 nitrogen and oxygen atoms in total. The Morgan fingerprint density at radius 1 is 0.909 bits per heavy atom. The number of benzene rings is 3. The van der Waals surface area contributed by atoms with Gasteiger partial charge in [-0.05, 0) is 28.3 Å². The van der Waals surface area contributed by atoms with Crippen molar-refractivity contribution in [3.8, 4) is 11.1 Å². The van der Waals surface area contributed by atoms with Gasteiger partial charge in [-0.1, -0.05) is 48.5 Å². The Kier molecular flexibility index (Phi) is 6.03. The molecule has 0 heterocycles. The zero-order chi connectivity index (χ0) is 23.5. The monoisotopic (exact) mass is 452 g/mol. The van der Waals surface area contributed by atoms with Crippen LogP contribution in [0.25, 0.3) is 11.1 Å². The molecule has 0 aromatic heterocycles. The third kappa shape index (κ3) is 4.52. The molecule has 1 aliphatic rings. The van der Waals surface area contributed by atoms with Gasteiger partial charge in [-0.25, -0.2) is 18.4 Å². The van der Waals surface area contributed by atoms with Crippen molar-refractivity contribution in [2.75, 3.05) is 18.5 Å². The molecule has 0 unspecified atom stereocenters. The van der Waals surface area contributed by atoms with Crippen LogP contribution in [-0.2, 0) is 9.53 Å². The molecule has 0 fully saturated rings. The lowest BCUT2D eigenvalue weighted by molar-refractivity contribution is -0.115. The number of fused-ring (bicyclic) bond motifs is 3. The van der Waals surface area contributed by atoms with E-state index in [0.717, 1.165) is 22.3 Å². The highest BCUT2D eigenvalue weighted by Gasteiger charge is 2.29. The van der Waals surface area contributed by atoms with Gasteiger partial charge in [0.05, 0.1) is 11.3 Å². The number of halogens is 2. The van der Waals surface area contributed by atoms with Gasteiger partial charge < -0.3 is 20.5 Å². The number of alkyl carbamates (subject to hydrolysis) is 1. The van der Waals surface area contributed by atoms with Gasteiger partial charge in [-0.15, -0.1) is 0 Å². The van der Waals surface area contributed by atoms with Crippen LogP contribution in [0.4, 0.5) is 19.3 Å². The zero-order valence-electron chi connectivity index (χ0n) is 17.1. The Labute approximate surface area is 187 Å². The normalized spacial score (nSPS) is 11.9. The van der Waals surface area contributed by atoms with Gasteiger partial charge in [0.2, 0.25) is 5.91 Å². The Morgan fingerprint density at radius 2 is 1.48 bits per heavy atom. The van der Waals surface area contributed by atoms with Crippen LogP contribution < -0.4 is 10.6 Å². The third-order valence-corrected chi connectivity index (χ3v) is 5.30. The number of carboxylic acids is 1. The molecular weight excluding hydrogens is 434 g/mol. The van der Waals surface area contributed by atoms with E-state index in [1.165, 1.54) is 0 Å². The van der Waals surface area contributed by atoms with Gasteiger partial charge in [0, 0.05) is 12.0 Å². The molecule has 3 N–H and O–H groups in total. The summed E-state index contributed by atoms with van der Waals surface area (Å²) in [6.45, 7) is -0.511. The summed E-state index contributed by atoms with van der Waals surface area (Å²) in [5.41, 5.74) is 3.15. The molecule has 0 saturated heterocycles. The number of carbonyl (C=O) groups is 3. The maximum Gasteiger partial charge on any atom is 0.407 e. The fourth-order valence-corrected chi connectivity index (χ4v) is 3.82. The number of rotatable bonds is 6. The maximum atomic E-state index is 13.4. The minimum absolute atomic E-state index is 0.0494.